The van der Waals surface area contributed by atoms with E-state index >= 15 is 0 Å². The lowest BCUT2D eigenvalue weighted by Crippen LogP contribution is -2.36. The maximum Gasteiger partial charge on any atom is 0.258 e. The molecule has 7 heteroatoms. The molecule has 0 bridgehead atoms. The summed E-state index contributed by atoms with van der Waals surface area (Å²) in [4.78, 5) is 22.4. The van der Waals surface area contributed by atoms with Crippen LogP contribution in [0.1, 0.15) is 9.67 Å². The maximum absolute atomic E-state index is 11.2. The molecule has 2 aromatic heterocycles. The largest absolute Gasteiger partial charge is 0.378 e. The second kappa shape index (κ2) is 4.51. The zero-order valence-corrected chi connectivity index (χ0v) is 10.4. The number of carbonyl (C=O) groups excluding carboxylic acids is 1. The van der Waals surface area contributed by atoms with Crippen molar-refractivity contribution in [1.82, 2.24) is 9.97 Å². The molecular formula is C11H12N4O2S. The van der Waals surface area contributed by atoms with Gasteiger partial charge >= 0.3 is 0 Å². The number of rotatable bonds is 2. The van der Waals surface area contributed by atoms with Crippen LogP contribution < -0.4 is 10.6 Å². The number of nitrogens with two attached hydrogens (primary N) is 1. The maximum atomic E-state index is 11.2. The zero-order valence-electron chi connectivity index (χ0n) is 9.63. The van der Waals surface area contributed by atoms with Gasteiger partial charge in [-0.15, -0.1) is 11.3 Å². The average Bonchev–Trinajstić information content (AvgIpc) is 2.83. The highest BCUT2D eigenvalue weighted by atomic mass is 32.1. The Morgan fingerprint density at radius 2 is 2.17 bits per heavy atom. The van der Waals surface area contributed by atoms with E-state index in [2.05, 4.69) is 14.9 Å². The summed E-state index contributed by atoms with van der Waals surface area (Å²) >= 11 is 1.34. The number of morpholine rings is 1. The first-order valence-electron chi connectivity index (χ1n) is 5.63. The molecule has 0 radical (unpaired) electrons. The number of hydrogen-bond acceptors (Lipinski definition) is 6. The summed E-state index contributed by atoms with van der Waals surface area (Å²) in [6.45, 7) is 2.99. The normalized spacial score (nSPS) is 16.1. The molecule has 3 heterocycles. The highest BCUT2D eigenvalue weighted by Gasteiger charge is 2.18. The predicted molar refractivity (Wildman–Crippen MR) is 69.0 cm³/mol. The summed E-state index contributed by atoms with van der Waals surface area (Å²) in [5.74, 6) is 0.437. The van der Waals surface area contributed by atoms with Gasteiger partial charge in [-0.05, 0) is 6.07 Å². The fourth-order valence-electron chi connectivity index (χ4n) is 1.96. The van der Waals surface area contributed by atoms with Crippen molar-refractivity contribution in [2.24, 2.45) is 5.73 Å². The average molecular weight is 264 g/mol. The molecule has 94 valence electrons. The highest BCUT2D eigenvalue weighted by Crippen LogP contribution is 2.31. The molecule has 1 aliphatic rings. The lowest BCUT2D eigenvalue weighted by molar-refractivity contribution is 0.100. The summed E-state index contributed by atoms with van der Waals surface area (Å²) in [5.41, 5.74) is 6.06. The van der Waals surface area contributed by atoms with Gasteiger partial charge in [0.2, 0.25) is 0 Å². The number of ether oxygens (including phenoxy) is 1. The van der Waals surface area contributed by atoms with Crippen LogP contribution >= 0.6 is 11.3 Å². The second-order valence-corrected chi connectivity index (χ2v) is 5.04. The molecule has 0 aromatic carbocycles. The number of carbonyl (C=O) groups is 1. The van der Waals surface area contributed by atoms with Gasteiger partial charge in [0, 0.05) is 13.1 Å². The van der Waals surface area contributed by atoms with Crippen molar-refractivity contribution in [1.29, 1.82) is 0 Å². The molecule has 0 spiro atoms. The Kier molecular flexibility index (Phi) is 2.85. The molecule has 0 saturated carbocycles. The van der Waals surface area contributed by atoms with Gasteiger partial charge in [0.25, 0.3) is 5.91 Å². The third-order valence-corrected chi connectivity index (χ3v) is 3.98. The second-order valence-electron chi connectivity index (χ2n) is 3.99. The summed E-state index contributed by atoms with van der Waals surface area (Å²) in [6.07, 6.45) is 1.52. The third kappa shape index (κ3) is 1.91. The van der Waals surface area contributed by atoms with Gasteiger partial charge in [-0.3, -0.25) is 4.79 Å². The number of primary amides is 1. The molecule has 0 aliphatic carbocycles. The molecule has 6 nitrogen and oxygen atoms in total. The lowest BCUT2D eigenvalue weighted by Gasteiger charge is -2.27. The molecular weight excluding hydrogens is 252 g/mol. The first-order valence-corrected chi connectivity index (χ1v) is 6.44. The van der Waals surface area contributed by atoms with Crippen LogP contribution in [0.4, 0.5) is 5.82 Å². The minimum atomic E-state index is -0.425. The van der Waals surface area contributed by atoms with Crippen LogP contribution in [0.5, 0.6) is 0 Å². The monoisotopic (exact) mass is 264 g/mol. The van der Waals surface area contributed by atoms with Crippen molar-refractivity contribution in [2.45, 2.75) is 0 Å². The quantitative estimate of drug-likeness (QED) is 0.860. The summed E-state index contributed by atoms with van der Waals surface area (Å²) < 4.78 is 6.23. The van der Waals surface area contributed by atoms with Crippen LogP contribution in [-0.2, 0) is 4.74 Å². The number of fused-ring (bicyclic) bond motifs is 1. The predicted octanol–water partition coefficient (Wildman–Crippen LogP) is 0.627. The van der Waals surface area contributed by atoms with Crippen molar-refractivity contribution in [3.63, 3.8) is 0 Å². The van der Waals surface area contributed by atoms with Gasteiger partial charge in [-0.1, -0.05) is 0 Å². The van der Waals surface area contributed by atoms with E-state index in [9.17, 15) is 4.79 Å². The van der Waals surface area contributed by atoms with Gasteiger partial charge in [0.05, 0.1) is 28.3 Å². The van der Waals surface area contributed by atoms with Crippen molar-refractivity contribution in [3.8, 4) is 0 Å². The number of anilines is 1. The molecule has 1 amide bonds. The number of thiophene rings is 1. The molecule has 18 heavy (non-hydrogen) atoms. The van der Waals surface area contributed by atoms with Gasteiger partial charge in [-0.2, -0.15) is 0 Å². The Bertz CT molecular complexity index is 592. The van der Waals surface area contributed by atoms with Crippen LogP contribution in [-0.4, -0.2) is 42.2 Å². The zero-order chi connectivity index (χ0) is 12.5. The van der Waals surface area contributed by atoms with Crippen LogP contribution in [0.3, 0.4) is 0 Å². The SMILES string of the molecule is NC(=O)c1cc2ncnc(N3CCOCC3)c2s1. The Morgan fingerprint density at radius 3 is 2.89 bits per heavy atom. The van der Waals surface area contributed by atoms with E-state index in [-0.39, 0.29) is 0 Å². The van der Waals surface area contributed by atoms with E-state index in [1.165, 1.54) is 17.7 Å². The summed E-state index contributed by atoms with van der Waals surface area (Å²) in [7, 11) is 0. The minimum absolute atomic E-state index is 0.425. The molecule has 3 rings (SSSR count). The van der Waals surface area contributed by atoms with Gasteiger partial charge in [-0.25, -0.2) is 9.97 Å². The van der Waals surface area contributed by atoms with E-state index < -0.39 is 5.91 Å². The summed E-state index contributed by atoms with van der Waals surface area (Å²) in [5, 5.41) is 0. The highest BCUT2D eigenvalue weighted by molar-refractivity contribution is 7.21. The van der Waals surface area contributed by atoms with E-state index in [1.807, 2.05) is 0 Å². The minimum Gasteiger partial charge on any atom is -0.378 e. The molecule has 2 aromatic rings. The topological polar surface area (TPSA) is 81.3 Å². The van der Waals surface area contributed by atoms with Gasteiger partial charge < -0.3 is 15.4 Å². The Hall–Kier alpha value is -1.73. The Labute approximate surface area is 107 Å². The molecule has 1 aliphatic heterocycles. The van der Waals surface area contributed by atoms with E-state index in [4.69, 9.17) is 10.5 Å². The van der Waals surface area contributed by atoms with Crippen LogP contribution in [0.15, 0.2) is 12.4 Å². The van der Waals surface area contributed by atoms with Crippen molar-refractivity contribution in [2.75, 3.05) is 31.2 Å². The smallest absolute Gasteiger partial charge is 0.258 e. The number of hydrogen-bond donors (Lipinski definition) is 1. The van der Waals surface area contributed by atoms with Crippen LogP contribution in [0, 0.1) is 0 Å². The van der Waals surface area contributed by atoms with Crippen LogP contribution in [0.25, 0.3) is 10.2 Å². The standard InChI is InChI=1S/C11H12N4O2S/c12-10(16)8-5-7-9(18-8)11(14-6-13-7)15-1-3-17-4-2-15/h5-6H,1-4H2,(H2,12,16). The van der Waals surface area contributed by atoms with Crippen molar-refractivity contribution >= 4 is 33.3 Å². The third-order valence-electron chi connectivity index (χ3n) is 2.85. The van der Waals surface area contributed by atoms with E-state index in [0.29, 0.717) is 18.1 Å². The van der Waals surface area contributed by atoms with Crippen molar-refractivity contribution in [3.05, 3.63) is 17.3 Å². The molecule has 0 atom stereocenters. The van der Waals surface area contributed by atoms with Crippen LogP contribution in [0.2, 0.25) is 0 Å². The van der Waals surface area contributed by atoms with Crippen molar-refractivity contribution < 1.29 is 9.53 Å². The Morgan fingerprint density at radius 1 is 1.39 bits per heavy atom. The molecule has 2 N–H and O–H groups in total. The van der Waals surface area contributed by atoms with E-state index in [1.54, 1.807) is 6.07 Å². The van der Waals surface area contributed by atoms with Gasteiger partial charge in [0.15, 0.2) is 0 Å². The van der Waals surface area contributed by atoms with Gasteiger partial charge in [0.1, 0.15) is 12.1 Å². The number of aromatic nitrogens is 2. The Balaban J connectivity index is 2.07. The molecule has 0 unspecified atom stereocenters. The number of amides is 1. The number of nitrogens with zero attached hydrogens (tertiary/aromatic N) is 3. The molecule has 1 saturated heterocycles. The van der Waals surface area contributed by atoms with E-state index in [0.717, 1.165) is 29.1 Å². The molecule has 1 fully saturated rings. The summed E-state index contributed by atoms with van der Waals surface area (Å²) in [6, 6.07) is 1.72. The first-order chi connectivity index (χ1) is 8.75. The fourth-order valence-corrected chi connectivity index (χ4v) is 2.94. The fraction of sp³-hybridized carbons (Fsp3) is 0.364. The first kappa shape index (κ1) is 11.4. The lowest BCUT2D eigenvalue weighted by atomic mass is 10.3.